The first-order chi connectivity index (χ1) is 9.76. The van der Waals surface area contributed by atoms with E-state index in [0.717, 1.165) is 19.2 Å². The molecule has 8 nitrogen and oxygen atoms in total. The van der Waals surface area contributed by atoms with Crippen LogP contribution in [0.4, 0.5) is 14.9 Å². The van der Waals surface area contributed by atoms with Crippen LogP contribution in [0.5, 0.6) is 0 Å². The highest BCUT2D eigenvalue weighted by Crippen LogP contribution is 2.19. The van der Waals surface area contributed by atoms with Gasteiger partial charge in [0.1, 0.15) is 10.7 Å². The summed E-state index contributed by atoms with van der Waals surface area (Å²) in [7, 11) is -2.86. The van der Waals surface area contributed by atoms with Crippen molar-refractivity contribution in [3.63, 3.8) is 0 Å². The van der Waals surface area contributed by atoms with Gasteiger partial charge in [0, 0.05) is 12.2 Å². The number of benzene rings is 1. The molecule has 1 rings (SSSR count). The maximum absolute atomic E-state index is 13.5. The molecular weight excluding hydrogens is 305 g/mol. The fourth-order valence-electron chi connectivity index (χ4n) is 1.36. The van der Waals surface area contributed by atoms with Crippen molar-refractivity contribution in [2.75, 3.05) is 18.9 Å². The number of rotatable bonds is 6. The predicted molar refractivity (Wildman–Crippen MR) is 71.9 cm³/mol. The summed E-state index contributed by atoms with van der Waals surface area (Å²) >= 11 is 0. The zero-order valence-corrected chi connectivity index (χ0v) is 11.8. The second-order valence-corrected chi connectivity index (χ2v) is 5.73. The fraction of sp³-hybridized carbons (Fsp3) is 0.273. The lowest BCUT2D eigenvalue weighted by Crippen LogP contribution is -2.30. The van der Waals surface area contributed by atoms with Gasteiger partial charge in [0.2, 0.25) is 10.0 Å². The second kappa shape index (κ2) is 6.99. The summed E-state index contributed by atoms with van der Waals surface area (Å²) in [5.74, 6) is -2.03. The zero-order valence-electron chi connectivity index (χ0n) is 11.0. The van der Waals surface area contributed by atoms with Gasteiger partial charge in [-0.25, -0.2) is 22.3 Å². The summed E-state index contributed by atoms with van der Waals surface area (Å²) in [6, 6.07) is 2.31. The Hall–Kier alpha value is -2.20. The van der Waals surface area contributed by atoms with Gasteiger partial charge in [0.05, 0.1) is 6.42 Å². The number of sulfonamides is 1. The van der Waals surface area contributed by atoms with Gasteiger partial charge < -0.3 is 15.7 Å². The van der Waals surface area contributed by atoms with Gasteiger partial charge in [-0.3, -0.25) is 4.79 Å². The summed E-state index contributed by atoms with van der Waals surface area (Å²) in [6.07, 6.45) is -0.254. The summed E-state index contributed by atoms with van der Waals surface area (Å²) in [5, 5.41) is 12.9. The molecular formula is C11H14FN3O5S. The first kappa shape index (κ1) is 16.9. The van der Waals surface area contributed by atoms with Crippen molar-refractivity contribution in [2.24, 2.45) is 0 Å². The Bertz CT molecular complexity index is 647. The predicted octanol–water partition coefficient (Wildman–Crippen LogP) is 0.330. The second-order valence-electron chi connectivity index (χ2n) is 3.88. The van der Waals surface area contributed by atoms with E-state index in [1.54, 1.807) is 0 Å². The number of carbonyl (C=O) groups excluding carboxylic acids is 1. The molecule has 0 aliphatic heterocycles. The SMILES string of the molecule is CNS(=O)(=O)c1cc(NC(=O)NCCC(=O)O)ccc1F. The number of halogens is 1. The molecule has 4 N–H and O–H groups in total. The van der Waals surface area contributed by atoms with Crippen molar-refractivity contribution in [3.8, 4) is 0 Å². The number of carbonyl (C=O) groups is 2. The van der Waals surface area contributed by atoms with E-state index in [-0.39, 0.29) is 18.7 Å². The summed E-state index contributed by atoms with van der Waals surface area (Å²) in [4.78, 5) is 21.1. The van der Waals surface area contributed by atoms with Crippen LogP contribution >= 0.6 is 0 Å². The van der Waals surface area contributed by atoms with Crippen LogP contribution in [0.2, 0.25) is 0 Å². The van der Waals surface area contributed by atoms with E-state index >= 15 is 0 Å². The number of anilines is 1. The topological polar surface area (TPSA) is 125 Å². The third kappa shape index (κ3) is 5.00. The smallest absolute Gasteiger partial charge is 0.319 e. The molecule has 1 aromatic rings. The Balaban J connectivity index is 2.79. The normalized spacial score (nSPS) is 11.0. The molecule has 0 heterocycles. The van der Waals surface area contributed by atoms with Gasteiger partial charge in [-0.2, -0.15) is 0 Å². The molecule has 0 aliphatic carbocycles. The minimum Gasteiger partial charge on any atom is -0.481 e. The van der Waals surface area contributed by atoms with Crippen LogP contribution in [0.15, 0.2) is 23.1 Å². The van der Waals surface area contributed by atoms with E-state index in [4.69, 9.17) is 5.11 Å². The molecule has 0 spiro atoms. The highest BCUT2D eigenvalue weighted by Gasteiger charge is 2.18. The number of amides is 2. The highest BCUT2D eigenvalue weighted by atomic mass is 32.2. The van der Waals surface area contributed by atoms with Crippen LogP contribution in [-0.2, 0) is 14.8 Å². The maximum atomic E-state index is 13.5. The number of urea groups is 1. The Labute approximate surface area is 120 Å². The first-order valence-corrected chi connectivity index (χ1v) is 7.24. The molecule has 0 saturated carbocycles. The molecule has 0 radical (unpaired) electrons. The molecule has 0 atom stereocenters. The van der Waals surface area contributed by atoms with Crippen molar-refractivity contribution in [1.29, 1.82) is 0 Å². The van der Waals surface area contributed by atoms with Crippen LogP contribution in [0, 0.1) is 5.82 Å². The van der Waals surface area contributed by atoms with Crippen molar-refractivity contribution in [1.82, 2.24) is 10.0 Å². The van der Waals surface area contributed by atoms with E-state index in [9.17, 15) is 22.4 Å². The van der Waals surface area contributed by atoms with Crippen LogP contribution < -0.4 is 15.4 Å². The fourth-order valence-corrected chi connectivity index (χ4v) is 2.18. The lowest BCUT2D eigenvalue weighted by Gasteiger charge is -2.09. The minimum absolute atomic E-state index is 0.0538. The Morgan fingerprint density at radius 3 is 2.57 bits per heavy atom. The van der Waals surface area contributed by atoms with E-state index in [0.29, 0.717) is 0 Å². The summed E-state index contributed by atoms with van der Waals surface area (Å²) in [5.41, 5.74) is 0.0538. The largest absolute Gasteiger partial charge is 0.481 e. The van der Waals surface area contributed by atoms with Crippen molar-refractivity contribution >= 4 is 27.7 Å². The third-order valence-electron chi connectivity index (χ3n) is 2.37. The van der Waals surface area contributed by atoms with Crippen molar-refractivity contribution in [3.05, 3.63) is 24.0 Å². The molecule has 116 valence electrons. The van der Waals surface area contributed by atoms with E-state index in [1.807, 2.05) is 4.72 Å². The van der Waals surface area contributed by atoms with Gasteiger partial charge in [-0.15, -0.1) is 0 Å². The average Bonchev–Trinajstić information content (AvgIpc) is 2.40. The summed E-state index contributed by atoms with van der Waals surface area (Å²) in [6.45, 7) is -0.0932. The summed E-state index contributed by atoms with van der Waals surface area (Å²) < 4.78 is 38.6. The quantitative estimate of drug-likeness (QED) is 0.601. The number of hydrogen-bond acceptors (Lipinski definition) is 4. The Morgan fingerprint density at radius 1 is 1.33 bits per heavy atom. The van der Waals surface area contributed by atoms with E-state index < -0.39 is 32.7 Å². The molecule has 21 heavy (non-hydrogen) atoms. The van der Waals surface area contributed by atoms with Crippen LogP contribution in [0.1, 0.15) is 6.42 Å². The van der Waals surface area contributed by atoms with Crippen LogP contribution in [0.3, 0.4) is 0 Å². The molecule has 0 fully saturated rings. The van der Waals surface area contributed by atoms with Crippen LogP contribution in [0.25, 0.3) is 0 Å². The minimum atomic E-state index is -3.99. The standard InChI is InChI=1S/C11H14FN3O5S/c1-13-21(19,20)9-6-7(2-3-8(9)12)15-11(18)14-5-4-10(16)17/h2-3,6,13H,4-5H2,1H3,(H,16,17)(H2,14,15,18). The van der Waals surface area contributed by atoms with Crippen molar-refractivity contribution < 1.29 is 27.5 Å². The maximum Gasteiger partial charge on any atom is 0.319 e. The molecule has 0 aliphatic rings. The highest BCUT2D eigenvalue weighted by molar-refractivity contribution is 7.89. The molecule has 0 saturated heterocycles. The Kier molecular flexibility index (Phi) is 5.61. The van der Waals surface area contributed by atoms with Crippen molar-refractivity contribution in [2.45, 2.75) is 11.3 Å². The van der Waals surface area contributed by atoms with Gasteiger partial charge in [0.25, 0.3) is 0 Å². The lowest BCUT2D eigenvalue weighted by atomic mass is 10.3. The number of hydrogen-bond donors (Lipinski definition) is 4. The average molecular weight is 319 g/mol. The zero-order chi connectivity index (χ0) is 16.0. The first-order valence-electron chi connectivity index (χ1n) is 5.76. The molecule has 1 aromatic carbocycles. The van der Waals surface area contributed by atoms with Crippen LogP contribution in [-0.4, -0.2) is 39.1 Å². The van der Waals surface area contributed by atoms with Gasteiger partial charge in [0.15, 0.2) is 0 Å². The monoisotopic (exact) mass is 319 g/mol. The number of aliphatic carboxylic acids is 1. The number of carboxylic acids is 1. The van der Waals surface area contributed by atoms with E-state index in [2.05, 4.69) is 10.6 Å². The van der Waals surface area contributed by atoms with Gasteiger partial charge in [-0.05, 0) is 25.2 Å². The number of carboxylic acid groups (broad SMARTS) is 1. The molecule has 0 bridgehead atoms. The number of nitrogens with one attached hydrogen (secondary N) is 3. The Morgan fingerprint density at radius 2 is 2.00 bits per heavy atom. The molecule has 0 aromatic heterocycles. The third-order valence-corrected chi connectivity index (χ3v) is 3.80. The van der Waals surface area contributed by atoms with Gasteiger partial charge in [-0.1, -0.05) is 0 Å². The molecule has 0 unspecified atom stereocenters. The lowest BCUT2D eigenvalue weighted by molar-refractivity contribution is -0.136. The molecule has 10 heteroatoms. The van der Waals surface area contributed by atoms with E-state index in [1.165, 1.54) is 6.07 Å². The molecule has 2 amide bonds. The van der Waals surface area contributed by atoms with Gasteiger partial charge >= 0.3 is 12.0 Å².